The van der Waals surface area contributed by atoms with Gasteiger partial charge in [-0.3, -0.25) is 4.79 Å². The molecule has 0 radical (unpaired) electrons. The van der Waals surface area contributed by atoms with Gasteiger partial charge in [0.25, 0.3) is 0 Å². The van der Waals surface area contributed by atoms with Crippen LogP contribution in [0.4, 0.5) is 0 Å². The molecule has 6 nitrogen and oxygen atoms in total. The maximum Gasteiger partial charge on any atom is 0.244 e. The van der Waals surface area contributed by atoms with Gasteiger partial charge in [0.05, 0.1) is 24.3 Å². The molecule has 20 heavy (non-hydrogen) atoms. The Morgan fingerprint density at radius 1 is 1.40 bits per heavy atom. The number of hydrogen-bond acceptors (Lipinski definition) is 4. The predicted octanol–water partition coefficient (Wildman–Crippen LogP) is 1.07. The number of nitrogens with zero attached hydrogens (tertiary/aromatic N) is 4. The third-order valence-electron chi connectivity index (χ3n) is 3.63. The van der Waals surface area contributed by atoms with Gasteiger partial charge in [0.2, 0.25) is 5.91 Å². The Bertz CT molecular complexity index is 624. The van der Waals surface area contributed by atoms with Gasteiger partial charge in [0, 0.05) is 6.54 Å². The lowest BCUT2D eigenvalue weighted by Crippen LogP contribution is -2.51. The first-order chi connectivity index (χ1) is 9.65. The number of amides is 1. The lowest BCUT2D eigenvalue weighted by atomic mass is 10.2. The maximum atomic E-state index is 12.4. The number of ether oxygens (including phenoxy) is 1. The van der Waals surface area contributed by atoms with Gasteiger partial charge in [0.1, 0.15) is 12.1 Å². The lowest BCUT2D eigenvalue weighted by Gasteiger charge is -2.36. The molecular formula is C14H18N4O2. The highest BCUT2D eigenvalue weighted by Crippen LogP contribution is 2.14. The standard InChI is InChI=1S/C14H18N4O2/c1-10-9-20-11(2)7-17(10)14(19)8-18-13-6-4-3-5-12(13)15-16-18/h3-6,10-11H,7-9H2,1-2H3/t10-,11+/m0/s1. The van der Waals surface area contributed by atoms with Crippen LogP contribution in [0.25, 0.3) is 11.0 Å². The first kappa shape index (κ1) is 13.1. The topological polar surface area (TPSA) is 60.2 Å². The summed E-state index contributed by atoms with van der Waals surface area (Å²) in [5.74, 6) is 0.0586. The van der Waals surface area contributed by atoms with Crippen molar-refractivity contribution in [1.29, 1.82) is 0 Å². The SMILES string of the molecule is C[C@@H]1CN(C(=O)Cn2nnc3ccccc32)[C@@H](C)CO1. The fourth-order valence-electron chi connectivity index (χ4n) is 2.50. The van der Waals surface area contributed by atoms with Crippen LogP contribution in [0.5, 0.6) is 0 Å². The van der Waals surface area contributed by atoms with E-state index in [1.165, 1.54) is 0 Å². The molecule has 1 amide bonds. The molecule has 2 aromatic rings. The van der Waals surface area contributed by atoms with E-state index in [2.05, 4.69) is 10.3 Å². The van der Waals surface area contributed by atoms with Gasteiger partial charge in [-0.05, 0) is 26.0 Å². The van der Waals surface area contributed by atoms with E-state index in [0.29, 0.717) is 13.2 Å². The van der Waals surface area contributed by atoms with Gasteiger partial charge in [0.15, 0.2) is 0 Å². The third-order valence-corrected chi connectivity index (χ3v) is 3.63. The minimum absolute atomic E-state index is 0.0586. The molecule has 1 fully saturated rings. The highest BCUT2D eigenvalue weighted by Gasteiger charge is 2.27. The van der Waals surface area contributed by atoms with E-state index in [0.717, 1.165) is 11.0 Å². The molecule has 2 heterocycles. The van der Waals surface area contributed by atoms with E-state index < -0.39 is 0 Å². The second-order valence-corrected chi connectivity index (χ2v) is 5.27. The smallest absolute Gasteiger partial charge is 0.244 e. The number of fused-ring (bicyclic) bond motifs is 1. The van der Waals surface area contributed by atoms with Gasteiger partial charge in [-0.2, -0.15) is 0 Å². The van der Waals surface area contributed by atoms with Crippen LogP contribution in [0.1, 0.15) is 13.8 Å². The monoisotopic (exact) mass is 274 g/mol. The fourth-order valence-corrected chi connectivity index (χ4v) is 2.50. The summed E-state index contributed by atoms with van der Waals surface area (Å²) in [4.78, 5) is 14.3. The van der Waals surface area contributed by atoms with Crippen LogP contribution in [0, 0.1) is 0 Å². The molecule has 0 spiro atoms. The Labute approximate surface area is 117 Å². The molecule has 2 atom stereocenters. The number of hydrogen-bond donors (Lipinski definition) is 0. The van der Waals surface area contributed by atoms with Gasteiger partial charge in [-0.1, -0.05) is 17.3 Å². The molecule has 1 aromatic carbocycles. The summed E-state index contributed by atoms with van der Waals surface area (Å²) in [7, 11) is 0. The first-order valence-corrected chi connectivity index (χ1v) is 6.84. The van der Waals surface area contributed by atoms with Gasteiger partial charge in [-0.25, -0.2) is 4.68 Å². The van der Waals surface area contributed by atoms with Crippen molar-refractivity contribution in [3.8, 4) is 0 Å². The second kappa shape index (κ2) is 5.20. The molecule has 3 rings (SSSR count). The van der Waals surface area contributed by atoms with E-state index >= 15 is 0 Å². The Morgan fingerprint density at radius 2 is 2.20 bits per heavy atom. The first-order valence-electron chi connectivity index (χ1n) is 6.84. The molecule has 0 N–H and O–H groups in total. The van der Waals surface area contributed by atoms with Crippen LogP contribution in [0.2, 0.25) is 0 Å². The molecule has 0 aliphatic carbocycles. The number of aromatic nitrogens is 3. The summed E-state index contributed by atoms with van der Waals surface area (Å²) in [5.41, 5.74) is 1.69. The number of carbonyl (C=O) groups is 1. The fraction of sp³-hybridized carbons (Fsp3) is 0.500. The number of morpholine rings is 1. The molecular weight excluding hydrogens is 256 g/mol. The van der Waals surface area contributed by atoms with Crippen molar-refractivity contribution >= 4 is 16.9 Å². The Balaban J connectivity index is 1.78. The van der Waals surface area contributed by atoms with Crippen LogP contribution in [0.3, 0.4) is 0 Å². The normalized spacial score (nSPS) is 23.2. The number of carbonyl (C=O) groups excluding carboxylic acids is 1. The van der Waals surface area contributed by atoms with Crippen LogP contribution >= 0.6 is 0 Å². The zero-order valence-electron chi connectivity index (χ0n) is 11.7. The molecule has 1 aliphatic heterocycles. The quantitative estimate of drug-likeness (QED) is 0.822. The van der Waals surface area contributed by atoms with Gasteiger partial charge in [-0.15, -0.1) is 5.10 Å². The molecule has 0 bridgehead atoms. The summed E-state index contributed by atoms with van der Waals surface area (Å²) in [6.45, 7) is 5.43. The summed E-state index contributed by atoms with van der Waals surface area (Å²) in [6, 6.07) is 7.76. The average molecular weight is 274 g/mol. The largest absolute Gasteiger partial charge is 0.375 e. The van der Waals surface area contributed by atoms with Crippen molar-refractivity contribution in [1.82, 2.24) is 19.9 Å². The van der Waals surface area contributed by atoms with Crippen LogP contribution in [-0.4, -0.2) is 51.1 Å². The zero-order chi connectivity index (χ0) is 14.1. The minimum atomic E-state index is 0.0586. The summed E-state index contributed by atoms with van der Waals surface area (Å²) < 4.78 is 7.20. The summed E-state index contributed by atoms with van der Waals surface area (Å²) in [6.07, 6.45) is 0.0858. The van der Waals surface area contributed by atoms with E-state index in [-0.39, 0.29) is 24.6 Å². The lowest BCUT2D eigenvalue weighted by molar-refractivity contribution is -0.144. The van der Waals surface area contributed by atoms with Crippen LogP contribution in [-0.2, 0) is 16.1 Å². The number of para-hydroxylation sites is 1. The molecule has 106 valence electrons. The number of benzene rings is 1. The maximum absolute atomic E-state index is 12.4. The van der Waals surface area contributed by atoms with Crippen molar-refractivity contribution in [2.45, 2.75) is 32.5 Å². The molecule has 1 saturated heterocycles. The number of rotatable bonds is 2. The van der Waals surface area contributed by atoms with Crippen molar-refractivity contribution in [3.63, 3.8) is 0 Å². The van der Waals surface area contributed by atoms with Crippen molar-refractivity contribution in [2.75, 3.05) is 13.2 Å². The van der Waals surface area contributed by atoms with Crippen molar-refractivity contribution in [3.05, 3.63) is 24.3 Å². The van der Waals surface area contributed by atoms with Crippen molar-refractivity contribution in [2.24, 2.45) is 0 Å². The highest BCUT2D eigenvalue weighted by atomic mass is 16.5. The molecule has 1 aliphatic rings. The summed E-state index contributed by atoms with van der Waals surface area (Å²) >= 11 is 0. The molecule has 1 aromatic heterocycles. The zero-order valence-corrected chi connectivity index (χ0v) is 11.7. The van der Waals surface area contributed by atoms with Crippen molar-refractivity contribution < 1.29 is 9.53 Å². The predicted molar refractivity (Wildman–Crippen MR) is 74.1 cm³/mol. The van der Waals surface area contributed by atoms with Gasteiger partial charge >= 0.3 is 0 Å². The average Bonchev–Trinajstić information content (AvgIpc) is 2.85. The van der Waals surface area contributed by atoms with E-state index in [1.807, 2.05) is 43.0 Å². The Hall–Kier alpha value is -1.95. The van der Waals surface area contributed by atoms with E-state index in [9.17, 15) is 4.79 Å². The van der Waals surface area contributed by atoms with Gasteiger partial charge < -0.3 is 9.64 Å². The Morgan fingerprint density at radius 3 is 3.05 bits per heavy atom. The third kappa shape index (κ3) is 2.38. The summed E-state index contributed by atoms with van der Waals surface area (Å²) in [5, 5.41) is 8.13. The molecule has 6 heteroatoms. The van der Waals surface area contributed by atoms with Crippen LogP contribution < -0.4 is 0 Å². The Kier molecular flexibility index (Phi) is 3.40. The molecule has 0 unspecified atom stereocenters. The van der Waals surface area contributed by atoms with E-state index in [1.54, 1.807) is 4.68 Å². The van der Waals surface area contributed by atoms with Crippen LogP contribution in [0.15, 0.2) is 24.3 Å². The molecule has 0 saturated carbocycles. The second-order valence-electron chi connectivity index (χ2n) is 5.27. The van der Waals surface area contributed by atoms with E-state index in [4.69, 9.17) is 4.74 Å². The minimum Gasteiger partial charge on any atom is -0.375 e. The highest BCUT2D eigenvalue weighted by molar-refractivity contribution is 5.80.